The van der Waals surface area contributed by atoms with E-state index in [1.54, 1.807) is 36.4 Å². The van der Waals surface area contributed by atoms with Gasteiger partial charge in [-0.1, -0.05) is 48.2 Å². The minimum absolute atomic E-state index is 0.00391. The van der Waals surface area contributed by atoms with E-state index in [1.165, 1.54) is 12.8 Å². The molecule has 0 bridgehead atoms. The van der Waals surface area contributed by atoms with Crippen molar-refractivity contribution in [1.29, 1.82) is 0 Å². The fourth-order valence-electron chi connectivity index (χ4n) is 2.55. The molecule has 2 amide bonds. The fraction of sp³-hybridized carbons (Fsp3) is 0.318. The summed E-state index contributed by atoms with van der Waals surface area (Å²) in [6, 6.07) is 12.1. The van der Waals surface area contributed by atoms with Crippen molar-refractivity contribution in [2.75, 3.05) is 6.61 Å². The Balaban J connectivity index is 1.77. The summed E-state index contributed by atoms with van der Waals surface area (Å²) in [5.74, 6) is -0.0256. The summed E-state index contributed by atoms with van der Waals surface area (Å²) in [7, 11) is 0. The number of rotatable bonds is 8. The van der Waals surface area contributed by atoms with Gasteiger partial charge in [-0.3, -0.25) is 25.8 Å². The molecule has 8 heteroatoms. The van der Waals surface area contributed by atoms with Gasteiger partial charge >= 0.3 is 0 Å². The molecule has 0 atom stereocenters. The summed E-state index contributed by atoms with van der Waals surface area (Å²) < 4.78 is 6.50. The molecule has 0 fully saturated rings. The standard InChI is InChI=1S/C22H26BrN3O3S/c1-3-4-5-6-13-29-18-11-9-16(10-12-18)20(27)24-22(30)26-25-21(28)17-8-7-15(2)19(23)14-17/h7-12,14H,3-6,13H2,1-2H3,(H,25,28)(H2,24,26,27,30). The van der Waals surface area contributed by atoms with Crippen LogP contribution in [0, 0.1) is 6.92 Å². The molecule has 0 aliphatic heterocycles. The van der Waals surface area contributed by atoms with Crippen molar-refractivity contribution in [2.24, 2.45) is 0 Å². The molecule has 0 saturated carbocycles. The van der Waals surface area contributed by atoms with Crippen molar-refractivity contribution >= 4 is 45.1 Å². The molecule has 0 saturated heterocycles. The number of benzene rings is 2. The van der Waals surface area contributed by atoms with Gasteiger partial charge in [0.2, 0.25) is 0 Å². The highest BCUT2D eigenvalue weighted by Gasteiger charge is 2.10. The monoisotopic (exact) mass is 491 g/mol. The van der Waals surface area contributed by atoms with Crippen molar-refractivity contribution < 1.29 is 14.3 Å². The molecule has 2 aromatic carbocycles. The van der Waals surface area contributed by atoms with E-state index in [9.17, 15) is 9.59 Å². The number of carbonyl (C=O) groups excluding carboxylic acids is 2. The maximum Gasteiger partial charge on any atom is 0.269 e. The second-order valence-electron chi connectivity index (χ2n) is 6.76. The first kappa shape index (κ1) is 23.8. The number of carbonyl (C=O) groups is 2. The molecule has 0 spiro atoms. The van der Waals surface area contributed by atoms with Gasteiger partial charge in [0.15, 0.2) is 5.11 Å². The van der Waals surface area contributed by atoms with Gasteiger partial charge in [0.1, 0.15) is 5.75 Å². The topological polar surface area (TPSA) is 79.5 Å². The summed E-state index contributed by atoms with van der Waals surface area (Å²) in [6.45, 7) is 4.76. The highest BCUT2D eigenvalue weighted by Crippen LogP contribution is 2.17. The third kappa shape index (κ3) is 7.76. The summed E-state index contributed by atoms with van der Waals surface area (Å²) in [4.78, 5) is 24.5. The zero-order valence-corrected chi connectivity index (χ0v) is 19.5. The fourth-order valence-corrected chi connectivity index (χ4v) is 3.07. The molecule has 0 unspecified atom stereocenters. The molecule has 3 N–H and O–H groups in total. The second kappa shape index (κ2) is 12.3. The number of hydrogen-bond donors (Lipinski definition) is 3. The van der Waals surface area contributed by atoms with E-state index < -0.39 is 0 Å². The minimum Gasteiger partial charge on any atom is -0.494 e. The first-order chi connectivity index (χ1) is 14.4. The van der Waals surface area contributed by atoms with Gasteiger partial charge in [-0.05, 0) is 67.5 Å². The lowest BCUT2D eigenvalue weighted by atomic mass is 10.1. The molecular formula is C22H26BrN3O3S. The lowest BCUT2D eigenvalue weighted by molar-refractivity contribution is 0.0934. The average Bonchev–Trinajstić information content (AvgIpc) is 2.74. The molecule has 2 aromatic rings. The Hall–Kier alpha value is -2.45. The number of amides is 2. The van der Waals surface area contributed by atoms with Gasteiger partial charge in [0.25, 0.3) is 11.8 Å². The largest absolute Gasteiger partial charge is 0.494 e. The molecule has 0 aromatic heterocycles. The number of hydrogen-bond acceptors (Lipinski definition) is 4. The van der Waals surface area contributed by atoms with Gasteiger partial charge in [0, 0.05) is 15.6 Å². The Morgan fingerprint density at radius 1 is 0.967 bits per heavy atom. The highest BCUT2D eigenvalue weighted by atomic mass is 79.9. The van der Waals surface area contributed by atoms with Gasteiger partial charge in [0.05, 0.1) is 6.61 Å². The number of unbranched alkanes of at least 4 members (excludes halogenated alkanes) is 3. The number of hydrazine groups is 1. The molecule has 0 heterocycles. The van der Waals surface area contributed by atoms with Crippen molar-refractivity contribution in [3.63, 3.8) is 0 Å². The smallest absolute Gasteiger partial charge is 0.269 e. The Morgan fingerprint density at radius 2 is 1.67 bits per heavy atom. The van der Waals surface area contributed by atoms with Gasteiger partial charge < -0.3 is 4.74 Å². The van der Waals surface area contributed by atoms with E-state index in [4.69, 9.17) is 17.0 Å². The number of aryl methyl sites for hydroxylation is 1. The molecule has 0 radical (unpaired) electrons. The Bertz CT molecular complexity index is 888. The Morgan fingerprint density at radius 3 is 2.33 bits per heavy atom. The van der Waals surface area contributed by atoms with Crippen molar-refractivity contribution in [3.8, 4) is 5.75 Å². The van der Waals surface area contributed by atoms with Crippen LogP contribution in [0.2, 0.25) is 0 Å². The van der Waals surface area contributed by atoms with Crippen LogP contribution in [-0.4, -0.2) is 23.5 Å². The molecule has 30 heavy (non-hydrogen) atoms. The summed E-state index contributed by atoms with van der Waals surface area (Å²) in [5, 5.41) is 2.52. The van der Waals surface area contributed by atoms with Crippen molar-refractivity contribution in [3.05, 3.63) is 63.6 Å². The number of nitrogens with one attached hydrogen (secondary N) is 3. The lowest BCUT2D eigenvalue weighted by Gasteiger charge is -2.12. The molecule has 160 valence electrons. The van der Waals surface area contributed by atoms with Crippen LogP contribution in [0.25, 0.3) is 0 Å². The predicted octanol–water partition coefficient (Wildman–Crippen LogP) is 4.67. The number of thiocarbonyl (C=S) groups is 1. The highest BCUT2D eigenvalue weighted by molar-refractivity contribution is 9.10. The first-order valence-corrected chi connectivity index (χ1v) is 11.0. The van der Waals surface area contributed by atoms with E-state index in [-0.39, 0.29) is 16.9 Å². The summed E-state index contributed by atoms with van der Waals surface area (Å²) in [6.07, 6.45) is 4.56. The lowest BCUT2D eigenvalue weighted by Crippen LogP contribution is -2.48. The minimum atomic E-state index is -0.380. The molecule has 6 nitrogen and oxygen atoms in total. The van der Waals surface area contributed by atoms with Crippen LogP contribution in [0.4, 0.5) is 0 Å². The zero-order chi connectivity index (χ0) is 21.9. The van der Waals surface area contributed by atoms with E-state index >= 15 is 0 Å². The quantitative estimate of drug-likeness (QED) is 0.284. The Kier molecular flexibility index (Phi) is 9.76. The van der Waals surface area contributed by atoms with Crippen LogP contribution in [0.3, 0.4) is 0 Å². The van der Waals surface area contributed by atoms with E-state index in [2.05, 4.69) is 39.0 Å². The zero-order valence-electron chi connectivity index (χ0n) is 17.1. The van der Waals surface area contributed by atoms with E-state index in [0.29, 0.717) is 17.7 Å². The molecular weight excluding hydrogens is 466 g/mol. The normalized spacial score (nSPS) is 10.2. The SMILES string of the molecule is CCCCCCOc1ccc(C(=O)NC(=S)NNC(=O)c2ccc(C)c(Br)c2)cc1. The van der Waals surface area contributed by atoms with Crippen molar-refractivity contribution in [2.45, 2.75) is 39.5 Å². The molecule has 0 aliphatic rings. The molecule has 0 aliphatic carbocycles. The van der Waals surface area contributed by atoms with Gasteiger partial charge in [-0.25, -0.2) is 0 Å². The van der Waals surface area contributed by atoms with Crippen LogP contribution < -0.4 is 20.9 Å². The van der Waals surface area contributed by atoms with Crippen LogP contribution in [0.5, 0.6) is 5.75 Å². The van der Waals surface area contributed by atoms with E-state index in [0.717, 1.165) is 28.6 Å². The van der Waals surface area contributed by atoms with Crippen LogP contribution in [0.15, 0.2) is 46.9 Å². The Labute approximate surface area is 190 Å². The number of ether oxygens (including phenoxy) is 1. The number of halogens is 1. The maximum absolute atomic E-state index is 12.3. The third-order valence-corrected chi connectivity index (χ3v) is 5.39. The first-order valence-electron chi connectivity index (χ1n) is 9.81. The predicted molar refractivity (Wildman–Crippen MR) is 126 cm³/mol. The van der Waals surface area contributed by atoms with Gasteiger partial charge in [-0.15, -0.1) is 0 Å². The van der Waals surface area contributed by atoms with Crippen LogP contribution >= 0.6 is 28.1 Å². The average molecular weight is 492 g/mol. The van der Waals surface area contributed by atoms with Crippen molar-refractivity contribution in [1.82, 2.24) is 16.2 Å². The third-order valence-electron chi connectivity index (χ3n) is 4.33. The summed E-state index contributed by atoms with van der Waals surface area (Å²) >= 11 is 8.46. The maximum atomic E-state index is 12.3. The van der Waals surface area contributed by atoms with Gasteiger partial charge in [-0.2, -0.15) is 0 Å². The van der Waals surface area contributed by atoms with Crippen LogP contribution in [0.1, 0.15) is 58.9 Å². The summed E-state index contributed by atoms with van der Waals surface area (Å²) in [5.41, 5.74) is 6.91. The second-order valence-corrected chi connectivity index (χ2v) is 8.02. The van der Waals surface area contributed by atoms with E-state index in [1.807, 2.05) is 13.0 Å². The van der Waals surface area contributed by atoms with Crippen LogP contribution in [-0.2, 0) is 0 Å². The molecule has 2 rings (SSSR count).